The molecule has 0 saturated carbocycles. The third-order valence-electron chi connectivity index (χ3n) is 4.58. The van der Waals surface area contributed by atoms with Crippen LogP contribution in [0.4, 0.5) is 0 Å². The van der Waals surface area contributed by atoms with E-state index in [4.69, 9.17) is 9.47 Å². The summed E-state index contributed by atoms with van der Waals surface area (Å²) in [6, 6.07) is 7.61. The van der Waals surface area contributed by atoms with Gasteiger partial charge in [-0.3, -0.25) is 19.4 Å². The number of carbonyl (C=O) groups is 2. The normalized spacial score (nSPS) is 18.2. The number of hydrogen-bond acceptors (Lipinski definition) is 5. The van der Waals surface area contributed by atoms with Gasteiger partial charge in [0.05, 0.1) is 19.8 Å². The Hall–Kier alpha value is -2.44. The van der Waals surface area contributed by atoms with Crippen LogP contribution in [0.25, 0.3) is 6.08 Å². The smallest absolute Gasteiger partial charge is 0.253 e. The van der Waals surface area contributed by atoms with Gasteiger partial charge in [-0.25, -0.2) is 0 Å². The fourth-order valence-corrected chi connectivity index (χ4v) is 3.08. The molecule has 6 heteroatoms. The van der Waals surface area contributed by atoms with Crippen molar-refractivity contribution in [1.82, 2.24) is 9.80 Å². The Kier molecular flexibility index (Phi) is 7.19. The first-order valence-corrected chi connectivity index (χ1v) is 9.45. The van der Waals surface area contributed by atoms with Crippen molar-refractivity contribution in [2.75, 3.05) is 46.0 Å². The fraction of sp³-hybridized carbons (Fsp3) is 0.429. The van der Waals surface area contributed by atoms with E-state index < -0.39 is 0 Å². The molecule has 1 aromatic carbocycles. The molecule has 2 aliphatic rings. The van der Waals surface area contributed by atoms with Crippen LogP contribution < -0.4 is 4.74 Å². The number of imide groups is 1. The first-order valence-electron chi connectivity index (χ1n) is 9.45. The highest BCUT2D eigenvalue weighted by molar-refractivity contribution is 6.06. The van der Waals surface area contributed by atoms with Gasteiger partial charge in [0, 0.05) is 32.3 Å². The van der Waals surface area contributed by atoms with Crippen LogP contribution >= 0.6 is 0 Å². The Morgan fingerprint density at radius 2 is 2.07 bits per heavy atom. The summed E-state index contributed by atoms with van der Waals surface area (Å²) in [6.07, 6.45) is 8.06. The van der Waals surface area contributed by atoms with Gasteiger partial charge in [-0.1, -0.05) is 18.2 Å². The van der Waals surface area contributed by atoms with E-state index in [9.17, 15) is 9.59 Å². The van der Waals surface area contributed by atoms with Crippen molar-refractivity contribution in [3.8, 4) is 5.75 Å². The molecule has 0 unspecified atom stereocenters. The summed E-state index contributed by atoms with van der Waals surface area (Å²) in [5.74, 6) is 0.234. The molecule has 1 aromatic rings. The van der Waals surface area contributed by atoms with Crippen LogP contribution in [-0.2, 0) is 14.3 Å². The predicted octanol–water partition coefficient (Wildman–Crippen LogP) is 2.12. The maximum absolute atomic E-state index is 12.2. The van der Waals surface area contributed by atoms with E-state index in [1.165, 1.54) is 17.1 Å². The molecule has 0 aromatic heterocycles. The average molecular weight is 370 g/mol. The number of morpholine rings is 1. The molecule has 1 saturated heterocycles. The van der Waals surface area contributed by atoms with Gasteiger partial charge in [-0.15, -0.1) is 0 Å². The first kappa shape index (κ1) is 19.3. The molecule has 3 rings (SSSR count). The number of amides is 2. The van der Waals surface area contributed by atoms with Crippen LogP contribution in [0, 0.1) is 0 Å². The molecule has 2 amide bonds. The van der Waals surface area contributed by atoms with Crippen molar-refractivity contribution in [2.24, 2.45) is 0 Å². The van der Waals surface area contributed by atoms with Crippen LogP contribution in [-0.4, -0.2) is 67.6 Å². The quantitative estimate of drug-likeness (QED) is 0.544. The van der Waals surface area contributed by atoms with Crippen molar-refractivity contribution in [2.45, 2.75) is 12.8 Å². The SMILES string of the molecule is O=C1C=CCCN1C(=O)/C=C/c1cccc(OCCCN2CCOCC2)c1. The zero-order valence-corrected chi connectivity index (χ0v) is 15.5. The van der Waals surface area contributed by atoms with Gasteiger partial charge in [0.1, 0.15) is 5.75 Å². The maximum Gasteiger partial charge on any atom is 0.253 e. The van der Waals surface area contributed by atoms with E-state index in [0.29, 0.717) is 19.6 Å². The van der Waals surface area contributed by atoms with Gasteiger partial charge in [0.2, 0.25) is 0 Å². The molecule has 2 aliphatic heterocycles. The molecular weight excluding hydrogens is 344 g/mol. The van der Waals surface area contributed by atoms with Gasteiger partial charge >= 0.3 is 0 Å². The lowest BCUT2D eigenvalue weighted by atomic mass is 10.2. The summed E-state index contributed by atoms with van der Waals surface area (Å²) in [6.45, 7) is 5.70. The second-order valence-corrected chi connectivity index (χ2v) is 6.58. The van der Waals surface area contributed by atoms with E-state index in [-0.39, 0.29) is 11.8 Å². The van der Waals surface area contributed by atoms with Gasteiger partial charge in [-0.05, 0) is 42.7 Å². The topological polar surface area (TPSA) is 59.1 Å². The van der Waals surface area contributed by atoms with Crippen LogP contribution in [0.1, 0.15) is 18.4 Å². The molecule has 0 bridgehead atoms. The van der Waals surface area contributed by atoms with Crippen molar-refractivity contribution in [3.05, 3.63) is 48.1 Å². The van der Waals surface area contributed by atoms with E-state index in [0.717, 1.165) is 50.6 Å². The molecule has 1 fully saturated rings. The summed E-state index contributed by atoms with van der Waals surface area (Å²) in [7, 11) is 0. The van der Waals surface area contributed by atoms with Crippen LogP contribution in [0.15, 0.2) is 42.5 Å². The third kappa shape index (κ3) is 6.05. The van der Waals surface area contributed by atoms with Crippen LogP contribution in [0.3, 0.4) is 0 Å². The fourth-order valence-electron chi connectivity index (χ4n) is 3.08. The van der Waals surface area contributed by atoms with Crippen molar-refractivity contribution >= 4 is 17.9 Å². The number of nitrogens with zero attached hydrogens (tertiary/aromatic N) is 2. The minimum Gasteiger partial charge on any atom is -0.494 e. The minimum absolute atomic E-state index is 0.256. The molecule has 0 atom stereocenters. The van der Waals surface area contributed by atoms with Crippen molar-refractivity contribution < 1.29 is 19.1 Å². The van der Waals surface area contributed by atoms with Gasteiger partial charge in [0.15, 0.2) is 0 Å². The second-order valence-electron chi connectivity index (χ2n) is 6.58. The highest BCUT2D eigenvalue weighted by Crippen LogP contribution is 2.15. The second kappa shape index (κ2) is 10.0. The Morgan fingerprint density at radius 1 is 1.22 bits per heavy atom. The number of benzene rings is 1. The van der Waals surface area contributed by atoms with E-state index in [2.05, 4.69) is 4.90 Å². The molecule has 0 N–H and O–H groups in total. The van der Waals surface area contributed by atoms with Crippen molar-refractivity contribution in [3.63, 3.8) is 0 Å². The highest BCUT2D eigenvalue weighted by Gasteiger charge is 2.18. The summed E-state index contributed by atoms with van der Waals surface area (Å²) in [5, 5.41) is 0. The summed E-state index contributed by atoms with van der Waals surface area (Å²) in [4.78, 5) is 27.5. The van der Waals surface area contributed by atoms with E-state index in [1.54, 1.807) is 12.2 Å². The molecule has 0 radical (unpaired) electrons. The Balaban J connectivity index is 1.45. The van der Waals surface area contributed by atoms with Gasteiger partial charge < -0.3 is 9.47 Å². The number of ether oxygens (including phenoxy) is 2. The zero-order chi connectivity index (χ0) is 18.9. The lowest BCUT2D eigenvalue weighted by Gasteiger charge is -2.26. The Bertz CT molecular complexity index is 708. The van der Waals surface area contributed by atoms with Gasteiger partial charge in [0.25, 0.3) is 11.8 Å². The number of rotatable bonds is 7. The number of hydrogen-bond donors (Lipinski definition) is 0. The highest BCUT2D eigenvalue weighted by atomic mass is 16.5. The standard InChI is InChI=1S/C21H26N2O4/c24-20-7-1-2-11-23(20)21(25)9-8-18-5-3-6-19(17-18)27-14-4-10-22-12-15-26-16-13-22/h1,3,5-9,17H,2,4,10-16H2/b9-8+. The molecule has 2 heterocycles. The zero-order valence-electron chi connectivity index (χ0n) is 15.5. The van der Waals surface area contributed by atoms with E-state index in [1.807, 2.05) is 24.3 Å². The summed E-state index contributed by atoms with van der Waals surface area (Å²) in [5.41, 5.74) is 0.869. The summed E-state index contributed by atoms with van der Waals surface area (Å²) < 4.78 is 11.2. The molecular formula is C21H26N2O4. The molecule has 0 spiro atoms. The predicted molar refractivity (Wildman–Crippen MR) is 103 cm³/mol. The van der Waals surface area contributed by atoms with Crippen LogP contribution in [0.2, 0.25) is 0 Å². The maximum atomic E-state index is 12.2. The average Bonchev–Trinajstić information content (AvgIpc) is 2.71. The Morgan fingerprint density at radius 3 is 2.89 bits per heavy atom. The number of carbonyl (C=O) groups excluding carboxylic acids is 2. The van der Waals surface area contributed by atoms with E-state index >= 15 is 0 Å². The lowest BCUT2D eigenvalue weighted by molar-refractivity contribution is -0.139. The molecule has 27 heavy (non-hydrogen) atoms. The largest absolute Gasteiger partial charge is 0.494 e. The lowest BCUT2D eigenvalue weighted by Crippen LogP contribution is -2.37. The third-order valence-corrected chi connectivity index (χ3v) is 4.58. The molecule has 144 valence electrons. The minimum atomic E-state index is -0.291. The molecule has 6 nitrogen and oxygen atoms in total. The summed E-state index contributed by atoms with van der Waals surface area (Å²) >= 11 is 0. The first-order chi connectivity index (χ1) is 13.2. The van der Waals surface area contributed by atoms with Gasteiger partial charge in [-0.2, -0.15) is 0 Å². The molecule has 0 aliphatic carbocycles. The monoisotopic (exact) mass is 370 g/mol. The van der Waals surface area contributed by atoms with Crippen LogP contribution in [0.5, 0.6) is 5.75 Å². The van der Waals surface area contributed by atoms with Crippen molar-refractivity contribution in [1.29, 1.82) is 0 Å². The Labute approximate surface area is 160 Å².